The minimum atomic E-state index is -0.725. The number of halogens is 1. The van der Waals surface area contributed by atoms with Gasteiger partial charge in [0.2, 0.25) is 0 Å². The highest BCUT2D eigenvalue weighted by Gasteiger charge is 2.59. The number of rotatable bonds is 4. The van der Waals surface area contributed by atoms with Crippen molar-refractivity contribution in [3.8, 4) is 0 Å². The van der Waals surface area contributed by atoms with Crippen LogP contribution in [0.4, 0.5) is 4.53 Å². The fourth-order valence-electron chi connectivity index (χ4n) is 8.16. The fraction of sp³-hybridized carbons (Fsp3) is 0.913. The molecule has 4 aliphatic rings. The van der Waals surface area contributed by atoms with E-state index in [2.05, 4.69) is 18.8 Å². The van der Waals surface area contributed by atoms with Gasteiger partial charge in [0, 0.05) is 23.8 Å². The zero-order valence-corrected chi connectivity index (χ0v) is 17.0. The van der Waals surface area contributed by atoms with Crippen LogP contribution in [0.5, 0.6) is 0 Å². The third kappa shape index (κ3) is 3.15. The van der Waals surface area contributed by atoms with Crippen LogP contribution in [0.25, 0.3) is 0 Å². The number of hydrogen-bond donors (Lipinski definition) is 0. The smallest absolute Gasteiger partial charge is 0.300 e. The molecular formula is C23H35FO3. The first-order valence-electron chi connectivity index (χ1n) is 11.2. The van der Waals surface area contributed by atoms with E-state index in [0.717, 1.165) is 49.9 Å². The largest absolute Gasteiger partial charge is 0.348 e. The van der Waals surface area contributed by atoms with Crippen LogP contribution in [0.1, 0.15) is 90.9 Å². The van der Waals surface area contributed by atoms with Gasteiger partial charge in [-0.1, -0.05) is 13.8 Å². The Hall–Kier alpha value is -0.930. The molecule has 3 nitrogen and oxygen atoms in total. The quantitative estimate of drug-likeness (QED) is 0.620. The van der Waals surface area contributed by atoms with Gasteiger partial charge in [0.25, 0.3) is 0 Å². The molecule has 4 fully saturated rings. The van der Waals surface area contributed by atoms with Crippen LogP contribution in [0.15, 0.2) is 0 Å². The van der Waals surface area contributed by atoms with Crippen LogP contribution in [-0.4, -0.2) is 11.8 Å². The topological polar surface area (TPSA) is 43.4 Å². The zero-order valence-electron chi connectivity index (χ0n) is 17.0. The Labute approximate surface area is 162 Å². The molecule has 0 radical (unpaired) electrons. The molecule has 4 rings (SSSR count). The van der Waals surface area contributed by atoms with E-state index in [4.69, 9.17) is 0 Å². The summed E-state index contributed by atoms with van der Waals surface area (Å²) >= 11 is 0. The van der Waals surface area contributed by atoms with Crippen molar-refractivity contribution in [2.75, 3.05) is 0 Å². The van der Waals surface area contributed by atoms with Crippen molar-refractivity contribution >= 4 is 11.8 Å². The van der Waals surface area contributed by atoms with Gasteiger partial charge >= 0.3 is 5.97 Å². The molecule has 0 aromatic carbocycles. The van der Waals surface area contributed by atoms with Crippen molar-refractivity contribution in [1.82, 2.24) is 0 Å². The van der Waals surface area contributed by atoms with Crippen LogP contribution >= 0.6 is 0 Å². The van der Waals surface area contributed by atoms with Crippen LogP contribution in [0.3, 0.4) is 0 Å². The van der Waals surface area contributed by atoms with E-state index in [1.54, 1.807) is 0 Å². The highest BCUT2D eigenvalue weighted by Crippen LogP contribution is 2.67. The van der Waals surface area contributed by atoms with E-state index in [9.17, 15) is 14.1 Å². The predicted octanol–water partition coefficient (Wildman–Crippen LogP) is 5.81. The maximum Gasteiger partial charge on any atom is 0.348 e. The molecule has 0 aliphatic heterocycles. The summed E-state index contributed by atoms with van der Waals surface area (Å²) in [4.78, 5) is 26.4. The Morgan fingerprint density at radius 1 is 1.07 bits per heavy atom. The molecule has 0 aromatic rings. The molecule has 152 valence electrons. The molecular weight excluding hydrogens is 343 g/mol. The maximum atomic E-state index is 12.0. The van der Waals surface area contributed by atoms with Crippen molar-refractivity contribution in [3.63, 3.8) is 0 Å². The first-order valence-corrected chi connectivity index (χ1v) is 11.2. The van der Waals surface area contributed by atoms with Gasteiger partial charge in [-0.05, 0) is 98.2 Å². The highest BCUT2D eigenvalue weighted by molar-refractivity contribution is 5.79. The fourth-order valence-corrected chi connectivity index (χ4v) is 8.16. The lowest BCUT2D eigenvalue weighted by atomic mass is 9.44. The number of ketones is 1. The van der Waals surface area contributed by atoms with E-state index < -0.39 is 5.97 Å². The van der Waals surface area contributed by atoms with Gasteiger partial charge in [0.05, 0.1) is 0 Å². The molecule has 7 unspecified atom stereocenters. The second-order valence-corrected chi connectivity index (χ2v) is 10.6. The standard InChI is InChI=1S/C23H35FO3/c1-22-13-11-20-18(8-6-16-14-17(25)10-12-23(16,20)2)19(22)9-7-15(22)4-3-5-21(26)27-24/h15-16,18-20H,3-14H2,1-2H3. The summed E-state index contributed by atoms with van der Waals surface area (Å²) in [6.45, 7) is 5.00. The summed E-state index contributed by atoms with van der Waals surface area (Å²) in [5.41, 5.74) is 0.760. The monoisotopic (exact) mass is 378 g/mol. The lowest BCUT2D eigenvalue weighted by Gasteiger charge is -2.60. The molecule has 0 amide bonds. The summed E-state index contributed by atoms with van der Waals surface area (Å²) in [6, 6.07) is 0. The van der Waals surface area contributed by atoms with Gasteiger partial charge in [-0.2, -0.15) is 0 Å². The number of Topliss-reactive ketones (excluding diaryl/α,β-unsaturated/α-hetero) is 1. The lowest BCUT2D eigenvalue weighted by molar-refractivity contribution is -0.183. The second-order valence-electron chi connectivity index (χ2n) is 10.6. The van der Waals surface area contributed by atoms with Gasteiger partial charge in [-0.15, -0.1) is 0 Å². The summed E-state index contributed by atoms with van der Waals surface area (Å²) in [7, 11) is 0. The van der Waals surface area contributed by atoms with Crippen molar-refractivity contribution in [2.45, 2.75) is 90.9 Å². The summed E-state index contributed by atoms with van der Waals surface area (Å²) in [6.07, 6.45) is 12.4. The van der Waals surface area contributed by atoms with Gasteiger partial charge in [-0.3, -0.25) is 9.74 Å². The Morgan fingerprint density at radius 2 is 1.85 bits per heavy atom. The third-order valence-electron chi connectivity index (χ3n) is 9.70. The molecule has 0 saturated heterocycles. The molecule has 0 aromatic heterocycles. The van der Waals surface area contributed by atoms with Gasteiger partial charge in [0.1, 0.15) is 5.78 Å². The molecule has 0 spiro atoms. The minimum Gasteiger partial charge on any atom is -0.300 e. The average Bonchev–Trinajstić information content (AvgIpc) is 2.99. The molecule has 4 saturated carbocycles. The van der Waals surface area contributed by atoms with Crippen molar-refractivity contribution < 1.29 is 19.1 Å². The van der Waals surface area contributed by atoms with Gasteiger partial charge in [-0.25, -0.2) is 4.79 Å². The number of hydrogen-bond acceptors (Lipinski definition) is 3. The predicted molar refractivity (Wildman–Crippen MR) is 101 cm³/mol. The molecule has 0 N–H and O–H groups in total. The van der Waals surface area contributed by atoms with E-state index >= 15 is 0 Å². The van der Waals surface area contributed by atoms with Crippen molar-refractivity contribution in [2.24, 2.45) is 40.4 Å². The highest BCUT2D eigenvalue weighted by atomic mass is 19.3. The normalized spacial score (nSPS) is 46.3. The summed E-state index contributed by atoms with van der Waals surface area (Å²) < 4.78 is 11.9. The average molecular weight is 379 g/mol. The van der Waals surface area contributed by atoms with Gasteiger partial charge in [0.15, 0.2) is 0 Å². The Morgan fingerprint density at radius 3 is 2.63 bits per heavy atom. The van der Waals surface area contributed by atoms with Crippen LogP contribution < -0.4 is 0 Å². The Bertz CT molecular complexity index is 604. The molecule has 4 aliphatic carbocycles. The molecule has 27 heavy (non-hydrogen) atoms. The SMILES string of the molecule is CC12CCC3C(CCC4CC(=O)CCC43C)C1CCC2CCCC(=O)OF. The Kier molecular flexibility index (Phi) is 5.13. The van der Waals surface area contributed by atoms with E-state index in [1.165, 1.54) is 38.5 Å². The van der Waals surface area contributed by atoms with Crippen LogP contribution in [-0.2, 0) is 14.5 Å². The van der Waals surface area contributed by atoms with E-state index in [0.29, 0.717) is 28.4 Å². The number of carbonyl (C=O) groups excluding carboxylic acids is 2. The van der Waals surface area contributed by atoms with Crippen molar-refractivity contribution in [1.29, 1.82) is 0 Å². The van der Waals surface area contributed by atoms with Crippen LogP contribution in [0.2, 0.25) is 0 Å². The van der Waals surface area contributed by atoms with E-state index in [1.807, 2.05) is 0 Å². The summed E-state index contributed by atoms with van der Waals surface area (Å²) in [5, 5.41) is 0. The third-order valence-corrected chi connectivity index (χ3v) is 9.70. The molecule has 4 heteroatoms. The van der Waals surface area contributed by atoms with Crippen LogP contribution in [0, 0.1) is 40.4 Å². The van der Waals surface area contributed by atoms with Crippen molar-refractivity contribution in [3.05, 3.63) is 0 Å². The first kappa shape index (κ1) is 19.4. The van der Waals surface area contributed by atoms with Gasteiger partial charge < -0.3 is 0 Å². The molecule has 0 bridgehead atoms. The zero-order chi connectivity index (χ0) is 19.2. The Balaban J connectivity index is 1.45. The number of carbonyl (C=O) groups is 2. The maximum absolute atomic E-state index is 12.0. The lowest BCUT2D eigenvalue weighted by Crippen LogP contribution is -2.53. The second kappa shape index (κ2) is 7.15. The molecule has 7 atom stereocenters. The first-order chi connectivity index (χ1) is 12.9. The minimum absolute atomic E-state index is 0.202. The molecule has 0 heterocycles. The summed E-state index contributed by atoms with van der Waals surface area (Å²) in [5.74, 6) is 3.45. The number of fused-ring (bicyclic) bond motifs is 5. The van der Waals surface area contributed by atoms with E-state index in [-0.39, 0.29) is 6.42 Å².